The van der Waals surface area contributed by atoms with Crippen molar-refractivity contribution in [2.24, 2.45) is 0 Å². The largest absolute Gasteiger partial charge is 0.492 e. The molecule has 2 heterocycles. The van der Waals surface area contributed by atoms with Gasteiger partial charge in [-0.25, -0.2) is 9.97 Å². The first-order chi connectivity index (χ1) is 14.2. The van der Waals surface area contributed by atoms with Crippen LogP contribution in [0.2, 0.25) is 0 Å². The van der Waals surface area contributed by atoms with E-state index in [4.69, 9.17) is 9.39 Å². The smallest absolute Gasteiger partial charge is 0.437 e. The highest BCUT2D eigenvalue weighted by Gasteiger charge is 2.31. The van der Waals surface area contributed by atoms with Crippen molar-refractivity contribution in [3.05, 3.63) is 41.3 Å². The molecule has 0 radical (unpaired) electrons. The van der Waals surface area contributed by atoms with Gasteiger partial charge >= 0.3 is 13.3 Å². The van der Waals surface area contributed by atoms with E-state index in [1.165, 1.54) is 6.20 Å². The standard InChI is InChI=1S/C18H19BF3N3O5/c1-10-14(3-2-11-9-29-19(28)16(10)11)30-15-7-23-13(6-24-15)17(27)25-12(8-26)4-5-18(20,21)22/h2-3,6-7,12,26,28H,4-5,8-9H2,1H3,(H,25,27)/t12-/m1/s1. The van der Waals surface area contributed by atoms with E-state index in [1.54, 1.807) is 19.1 Å². The summed E-state index contributed by atoms with van der Waals surface area (Å²) in [7, 11) is -1.03. The van der Waals surface area contributed by atoms with Crippen LogP contribution in [-0.4, -0.2) is 51.9 Å². The number of ether oxygens (including phenoxy) is 1. The first kappa shape index (κ1) is 22.0. The van der Waals surface area contributed by atoms with Crippen LogP contribution >= 0.6 is 0 Å². The highest BCUT2D eigenvalue weighted by atomic mass is 19.4. The van der Waals surface area contributed by atoms with Crippen LogP contribution in [-0.2, 0) is 11.3 Å². The molecule has 1 atom stereocenters. The van der Waals surface area contributed by atoms with Crippen molar-refractivity contribution in [2.75, 3.05) is 6.61 Å². The Labute approximate surface area is 170 Å². The monoisotopic (exact) mass is 425 g/mol. The molecule has 1 amide bonds. The molecule has 12 heteroatoms. The Morgan fingerprint density at radius 2 is 2.13 bits per heavy atom. The third-order valence-electron chi connectivity index (χ3n) is 4.61. The summed E-state index contributed by atoms with van der Waals surface area (Å²) < 4.78 is 47.8. The van der Waals surface area contributed by atoms with E-state index in [0.717, 1.165) is 11.8 Å². The molecule has 8 nitrogen and oxygen atoms in total. The molecular formula is C18H19BF3N3O5. The van der Waals surface area contributed by atoms with Gasteiger partial charge in [-0.05, 0) is 36.0 Å². The molecule has 0 fully saturated rings. The van der Waals surface area contributed by atoms with Gasteiger partial charge in [-0.2, -0.15) is 13.2 Å². The number of hydrogen-bond acceptors (Lipinski definition) is 7. The van der Waals surface area contributed by atoms with Crippen LogP contribution in [0.25, 0.3) is 0 Å². The molecule has 2 aromatic rings. The number of aromatic nitrogens is 2. The third kappa shape index (κ3) is 5.26. The average molecular weight is 425 g/mol. The number of fused-ring (bicyclic) bond motifs is 1. The molecule has 0 saturated heterocycles. The molecule has 3 N–H and O–H groups in total. The molecule has 1 aromatic carbocycles. The Bertz CT molecular complexity index is 911. The number of benzene rings is 1. The molecule has 0 aliphatic carbocycles. The zero-order chi connectivity index (χ0) is 21.9. The van der Waals surface area contributed by atoms with Gasteiger partial charge in [0.05, 0.1) is 31.6 Å². The minimum absolute atomic E-state index is 0.0822. The highest BCUT2D eigenvalue weighted by Crippen LogP contribution is 2.26. The summed E-state index contributed by atoms with van der Waals surface area (Å²) in [6, 6.07) is 2.41. The normalized spacial score (nSPS) is 14.4. The highest BCUT2D eigenvalue weighted by molar-refractivity contribution is 6.62. The lowest BCUT2D eigenvalue weighted by atomic mass is 9.76. The molecule has 0 unspecified atom stereocenters. The lowest BCUT2D eigenvalue weighted by Gasteiger charge is -2.17. The quantitative estimate of drug-likeness (QED) is 0.572. The van der Waals surface area contributed by atoms with Gasteiger partial charge in [-0.1, -0.05) is 6.07 Å². The van der Waals surface area contributed by atoms with Crippen molar-refractivity contribution in [3.63, 3.8) is 0 Å². The number of halogens is 3. The maximum Gasteiger partial charge on any atom is 0.492 e. The Hall–Kier alpha value is -2.70. The summed E-state index contributed by atoms with van der Waals surface area (Å²) in [4.78, 5) is 20.0. The Morgan fingerprint density at radius 3 is 2.77 bits per heavy atom. The van der Waals surface area contributed by atoms with Crippen molar-refractivity contribution in [1.29, 1.82) is 0 Å². The molecule has 3 rings (SSSR count). The minimum Gasteiger partial charge on any atom is -0.437 e. The van der Waals surface area contributed by atoms with E-state index < -0.39 is 44.7 Å². The van der Waals surface area contributed by atoms with Crippen LogP contribution < -0.4 is 15.5 Å². The fourth-order valence-electron chi connectivity index (χ4n) is 3.00. The Kier molecular flexibility index (Phi) is 6.59. The Balaban J connectivity index is 1.64. The van der Waals surface area contributed by atoms with Crippen molar-refractivity contribution in [3.8, 4) is 11.6 Å². The van der Waals surface area contributed by atoms with Crippen LogP contribution in [0.15, 0.2) is 24.5 Å². The number of hydrogen-bond donors (Lipinski definition) is 3. The van der Waals surface area contributed by atoms with E-state index in [9.17, 15) is 28.1 Å². The van der Waals surface area contributed by atoms with Crippen LogP contribution in [0.3, 0.4) is 0 Å². The van der Waals surface area contributed by atoms with Crippen LogP contribution in [0, 0.1) is 6.92 Å². The van der Waals surface area contributed by atoms with Gasteiger partial charge in [-0.3, -0.25) is 4.79 Å². The van der Waals surface area contributed by atoms with Crippen molar-refractivity contribution in [1.82, 2.24) is 15.3 Å². The van der Waals surface area contributed by atoms with E-state index in [0.29, 0.717) is 23.4 Å². The number of aliphatic hydroxyl groups is 1. The van der Waals surface area contributed by atoms with Crippen molar-refractivity contribution in [2.45, 2.75) is 38.6 Å². The maximum atomic E-state index is 12.3. The number of carbonyl (C=O) groups excluding carboxylic acids is 1. The van der Waals surface area contributed by atoms with Gasteiger partial charge < -0.3 is 24.8 Å². The topological polar surface area (TPSA) is 114 Å². The fraction of sp³-hybridized carbons (Fsp3) is 0.389. The summed E-state index contributed by atoms with van der Waals surface area (Å²) in [6.45, 7) is 1.43. The van der Waals surface area contributed by atoms with E-state index in [2.05, 4.69) is 15.3 Å². The van der Waals surface area contributed by atoms with Crippen LogP contribution in [0.1, 0.15) is 34.5 Å². The lowest BCUT2D eigenvalue weighted by Crippen LogP contribution is -2.38. The predicted molar refractivity (Wildman–Crippen MR) is 99.3 cm³/mol. The fourth-order valence-corrected chi connectivity index (χ4v) is 3.00. The van der Waals surface area contributed by atoms with Crippen LogP contribution in [0.4, 0.5) is 13.2 Å². The van der Waals surface area contributed by atoms with Gasteiger partial charge in [0.15, 0.2) is 0 Å². The molecule has 1 aliphatic rings. The summed E-state index contributed by atoms with van der Waals surface area (Å²) in [5.41, 5.74) is 2.03. The van der Waals surface area contributed by atoms with Crippen molar-refractivity contribution >= 4 is 18.5 Å². The van der Waals surface area contributed by atoms with E-state index in [-0.39, 0.29) is 11.6 Å². The average Bonchev–Trinajstić information content (AvgIpc) is 3.08. The van der Waals surface area contributed by atoms with Gasteiger partial charge in [0.25, 0.3) is 5.91 Å². The van der Waals surface area contributed by atoms with E-state index in [1.807, 2.05) is 0 Å². The number of carbonyl (C=O) groups is 1. The lowest BCUT2D eigenvalue weighted by molar-refractivity contribution is -0.137. The molecule has 0 bridgehead atoms. The number of nitrogens with one attached hydrogen (secondary N) is 1. The van der Waals surface area contributed by atoms with Crippen molar-refractivity contribution < 1.29 is 37.5 Å². The number of nitrogens with zero attached hydrogens (tertiary/aromatic N) is 2. The summed E-state index contributed by atoms with van der Waals surface area (Å²) in [6.07, 6.45) is -3.65. The third-order valence-corrected chi connectivity index (χ3v) is 4.61. The van der Waals surface area contributed by atoms with E-state index >= 15 is 0 Å². The van der Waals surface area contributed by atoms with Crippen LogP contribution in [0.5, 0.6) is 11.6 Å². The first-order valence-electron chi connectivity index (χ1n) is 9.08. The molecule has 1 aliphatic heterocycles. The zero-order valence-electron chi connectivity index (χ0n) is 15.9. The minimum atomic E-state index is -4.38. The molecular weight excluding hydrogens is 406 g/mol. The van der Waals surface area contributed by atoms with Gasteiger partial charge in [0, 0.05) is 6.42 Å². The predicted octanol–water partition coefficient (Wildman–Crippen LogP) is 1.23. The number of aliphatic hydroxyl groups excluding tert-OH is 1. The first-order valence-corrected chi connectivity index (χ1v) is 9.08. The van der Waals surface area contributed by atoms with Gasteiger partial charge in [0.2, 0.25) is 5.88 Å². The summed E-state index contributed by atoms with van der Waals surface area (Å²) in [5.74, 6) is -0.250. The Morgan fingerprint density at radius 1 is 1.37 bits per heavy atom. The second-order valence-corrected chi connectivity index (χ2v) is 6.77. The molecule has 160 valence electrons. The number of alkyl halides is 3. The number of amides is 1. The van der Waals surface area contributed by atoms with Gasteiger partial charge in [-0.15, -0.1) is 0 Å². The molecule has 0 saturated carbocycles. The molecule has 30 heavy (non-hydrogen) atoms. The second kappa shape index (κ2) is 8.98. The van der Waals surface area contributed by atoms with Gasteiger partial charge in [0.1, 0.15) is 11.4 Å². The zero-order valence-corrected chi connectivity index (χ0v) is 15.9. The molecule has 0 spiro atoms. The maximum absolute atomic E-state index is 12.3. The number of rotatable bonds is 7. The SMILES string of the molecule is Cc1c(Oc2cnc(C(=O)N[C@@H](CO)CCC(F)(F)F)cn2)ccc2c1B(O)OC2. The second-order valence-electron chi connectivity index (χ2n) is 6.77. The summed E-state index contributed by atoms with van der Waals surface area (Å²) in [5, 5.41) is 21.4. The molecule has 1 aromatic heterocycles. The summed E-state index contributed by atoms with van der Waals surface area (Å²) >= 11 is 0.